The maximum absolute atomic E-state index is 10.6. The molecule has 2 rings (SSSR count). The fourth-order valence-electron chi connectivity index (χ4n) is 1.44. The zero-order chi connectivity index (χ0) is 12.8. The number of hydrogen-bond donors (Lipinski definition) is 2. The first-order chi connectivity index (χ1) is 8.74. The van der Waals surface area contributed by atoms with Crippen LogP contribution in [0.3, 0.4) is 0 Å². The monoisotopic (exact) mass is 264 g/mol. The largest absolute Gasteiger partial charge is 0.324 e. The van der Waals surface area contributed by atoms with Crippen molar-refractivity contribution >= 4 is 22.7 Å². The van der Waals surface area contributed by atoms with E-state index in [9.17, 15) is 4.21 Å². The first-order valence-electron chi connectivity index (χ1n) is 5.29. The molecule has 0 amide bonds. The zero-order valence-corrected chi connectivity index (χ0v) is 10.3. The average molecular weight is 264 g/mol. The Kier molecular flexibility index (Phi) is 4.32. The molecule has 0 aliphatic heterocycles. The van der Waals surface area contributed by atoms with E-state index >= 15 is 0 Å². The summed E-state index contributed by atoms with van der Waals surface area (Å²) in [7, 11) is 0. The number of benzene rings is 1. The first kappa shape index (κ1) is 12.6. The van der Waals surface area contributed by atoms with Crippen molar-refractivity contribution < 1.29 is 8.76 Å². The molecule has 0 aliphatic carbocycles. The molecule has 2 aromatic rings. The van der Waals surface area contributed by atoms with Gasteiger partial charge in [0.15, 0.2) is 11.1 Å². The van der Waals surface area contributed by atoms with Crippen molar-refractivity contribution in [1.82, 2.24) is 15.0 Å². The van der Waals surface area contributed by atoms with E-state index in [1.54, 1.807) is 0 Å². The highest BCUT2D eigenvalue weighted by Crippen LogP contribution is 2.14. The molecule has 0 saturated heterocycles. The highest BCUT2D eigenvalue weighted by atomic mass is 32.2. The van der Waals surface area contributed by atoms with Gasteiger partial charge >= 0.3 is 0 Å². The number of rotatable bonds is 5. The van der Waals surface area contributed by atoms with Crippen LogP contribution in [0.2, 0.25) is 0 Å². The molecular formula is C11H12N4O2S. The molecule has 0 bridgehead atoms. The van der Waals surface area contributed by atoms with Crippen LogP contribution < -0.4 is 5.32 Å². The summed E-state index contributed by atoms with van der Waals surface area (Å²) in [5, 5.41) is 3.03. The van der Waals surface area contributed by atoms with Gasteiger partial charge in [0.25, 0.3) is 0 Å². The zero-order valence-electron chi connectivity index (χ0n) is 9.48. The molecule has 1 aromatic heterocycles. The molecule has 2 N–H and O–H groups in total. The van der Waals surface area contributed by atoms with Gasteiger partial charge in [0, 0.05) is 5.69 Å². The summed E-state index contributed by atoms with van der Waals surface area (Å²) in [5.41, 5.74) is 1.82. The van der Waals surface area contributed by atoms with Crippen molar-refractivity contribution in [2.24, 2.45) is 0 Å². The van der Waals surface area contributed by atoms with Crippen LogP contribution >= 0.6 is 0 Å². The third-order valence-corrected chi connectivity index (χ3v) is 2.80. The number of anilines is 2. The molecule has 1 atom stereocenters. The topological polar surface area (TPSA) is 88.0 Å². The fraction of sp³-hybridized carbons (Fsp3) is 0.182. The molecule has 7 heteroatoms. The van der Waals surface area contributed by atoms with Crippen LogP contribution in [-0.2, 0) is 17.5 Å². The SMILES string of the molecule is O=S(O)CCc1cccc(Nc2ncncn2)c1. The van der Waals surface area contributed by atoms with Gasteiger partial charge in [-0.25, -0.2) is 19.2 Å². The van der Waals surface area contributed by atoms with Crippen LogP contribution in [0, 0.1) is 0 Å². The van der Waals surface area contributed by atoms with Crippen LogP contribution in [0.1, 0.15) is 5.56 Å². The summed E-state index contributed by atoms with van der Waals surface area (Å²) < 4.78 is 19.4. The van der Waals surface area contributed by atoms with Gasteiger partial charge in [-0.05, 0) is 24.1 Å². The van der Waals surface area contributed by atoms with Crippen LogP contribution in [0.4, 0.5) is 11.6 Å². The molecule has 1 aromatic carbocycles. The van der Waals surface area contributed by atoms with E-state index in [1.807, 2.05) is 24.3 Å². The number of aryl methyl sites for hydroxylation is 1. The summed E-state index contributed by atoms with van der Waals surface area (Å²) in [6.07, 6.45) is 3.37. The lowest BCUT2D eigenvalue weighted by Gasteiger charge is -2.06. The van der Waals surface area contributed by atoms with Crippen LogP contribution in [0.5, 0.6) is 0 Å². The summed E-state index contributed by atoms with van der Waals surface area (Å²) in [5.74, 6) is 0.697. The van der Waals surface area contributed by atoms with Crippen molar-refractivity contribution in [3.63, 3.8) is 0 Å². The standard InChI is InChI=1S/C11H12N4O2S/c16-18(17)5-4-9-2-1-3-10(6-9)15-11-13-7-12-8-14-11/h1-3,6-8H,4-5H2,(H,16,17)(H,12,13,14,15). The van der Waals surface area contributed by atoms with Crippen LogP contribution in [-0.4, -0.2) is 29.5 Å². The second-order valence-electron chi connectivity index (χ2n) is 3.56. The molecule has 0 spiro atoms. The van der Waals surface area contributed by atoms with Crippen molar-refractivity contribution in [3.05, 3.63) is 42.5 Å². The average Bonchev–Trinajstić information content (AvgIpc) is 2.38. The minimum Gasteiger partial charge on any atom is -0.324 e. The molecular weight excluding hydrogens is 252 g/mol. The molecule has 6 nitrogen and oxygen atoms in total. The third-order valence-electron chi connectivity index (χ3n) is 2.24. The Labute approximate surface area is 107 Å². The molecule has 0 fully saturated rings. The number of aromatic nitrogens is 3. The van der Waals surface area contributed by atoms with Gasteiger partial charge in [0.2, 0.25) is 5.95 Å². The van der Waals surface area contributed by atoms with E-state index in [-0.39, 0.29) is 5.75 Å². The van der Waals surface area contributed by atoms with E-state index in [2.05, 4.69) is 20.3 Å². The van der Waals surface area contributed by atoms with Crippen molar-refractivity contribution in [2.75, 3.05) is 11.1 Å². The Morgan fingerprint density at radius 2 is 2.06 bits per heavy atom. The highest BCUT2D eigenvalue weighted by Gasteiger charge is 2.00. The van der Waals surface area contributed by atoms with Crippen molar-refractivity contribution in [2.45, 2.75) is 6.42 Å². The lowest BCUT2D eigenvalue weighted by atomic mass is 10.1. The molecule has 18 heavy (non-hydrogen) atoms. The van der Waals surface area contributed by atoms with Gasteiger partial charge in [-0.15, -0.1) is 0 Å². The van der Waals surface area contributed by atoms with Gasteiger partial charge in [-0.2, -0.15) is 0 Å². The number of nitrogens with zero attached hydrogens (tertiary/aromatic N) is 3. The maximum Gasteiger partial charge on any atom is 0.230 e. The Balaban J connectivity index is 2.05. The van der Waals surface area contributed by atoms with E-state index in [1.165, 1.54) is 12.7 Å². The van der Waals surface area contributed by atoms with E-state index in [4.69, 9.17) is 4.55 Å². The smallest absolute Gasteiger partial charge is 0.230 e. The maximum atomic E-state index is 10.6. The summed E-state index contributed by atoms with van der Waals surface area (Å²) in [6.45, 7) is 0. The number of nitrogens with one attached hydrogen (secondary N) is 1. The third kappa shape index (κ3) is 3.86. The predicted molar refractivity (Wildman–Crippen MR) is 68.9 cm³/mol. The minimum atomic E-state index is -1.76. The lowest BCUT2D eigenvalue weighted by molar-refractivity contribution is 0.563. The summed E-state index contributed by atoms with van der Waals surface area (Å²) in [6, 6.07) is 7.56. The van der Waals surface area contributed by atoms with Gasteiger partial charge in [-0.1, -0.05) is 12.1 Å². The molecule has 1 heterocycles. The van der Waals surface area contributed by atoms with E-state index in [0.29, 0.717) is 12.4 Å². The Bertz CT molecular complexity index is 536. The highest BCUT2D eigenvalue weighted by molar-refractivity contribution is 7.79. The molecule has 94 valence electrons. The Hall–Kier alpha value is -1.86. The molecule has 0 saturated carbocycles. The van der Waals surface area contributed by atoms with Crippen LogP contribution in [0.15, 0.2) is 36.9 Å². The second kappa shape index (κ2) is 6.18. The van der Waals surface area contributed by atoms with Crippen molar-refractivity contribution in [1.29, 1.82) is 0 Å². The van der Waals surface area contributed by atoms with Gasteiger partial charge in [0.05, 0.1) is 5.75 Å². The quantitative estimate of drug-likeness (QED) is 0.793. The Morgan fingerprint density at radius 3 is 2.78 bits per heavy atom. The second-order valence-corrected chi connectivity index (χ2v) is 4.61. The van der Waals surface area contributed by atoms with E-state index < -0.39 is 11.1 Å². The molecule has 0 aliphatic rings. The first-order valence-corrected chi connectivity index (χ1v) is 6.57. The van der Waals surface area contributed by atoms with Crippen LogP contribution in [0.25, 0.3) is 0 Å². The van der Waals surface area contributed by atoms with Crippen molar-refractivity contribution in [3.8, 4) is 0 Å². The van der Waals surface area contributed by atoms with E-state index in [0.717, 1.165) is 11.3 Å². The van der Waals surface area contributed by atoms with Gasteiger partial charge < -0.3 is 9.87 Å². The lowest BCUT2D eigenvalue weighted by Crippen LogP contribution is -2.01. The molecule has 1 unspecified atom stereocenters. The Morgan fingerprint density at radius 1 is 1.28 bits per heavy atom. The molecule has 0 radical (unpaired) electrons. The summed E-state index contributed by atoms with van der Waals surface area (Å²) in [4.78, 5) is 11.6. The van der Waals surface area contributed by atoms with Gasteiger partial charge in [0.1, 0.15) is 12.7 Å². The van der Waals surface area contributed by atoms with Gasteiger partial charge in [-0.3, -0.25) is 0 Å². The minimum absolute atomic E-state index is 0.231. The normalized spacial score (nSPS) is 12.1. The predicted octanol–water partition coefficient (Wildman–Crippen LogP) is 1.38. The number of hydrogen-bond acceptors (Lipinski definition) is 5. The fourth-order valence-corrected chi connectivity index (χ4v) is 1.85. The summed E-state index contributed by atoms with van der Waals surface area (Å²) >= 11 is -1.76.